The molecule has 0 aromatic carbocycles. The van der Waals surface area contributed by atoms with Crippen molar-refractivity contribution in [2.24, 2.45) is 10.8 Å². The summed E-state index contributed by atoms with van der Waals surface area (Å²) in [7, 11) is 1.64. The minimum Gasteiger partial charge on any atom is -0.493 e. The van der Waals surface area contributed by atoms with Gasteiger partial charge in [-0.1, -0.05) is 27.7 Å². The Kier molecular flexibility index (Phi) is 3.83. The summed E-state index contributed by atoms with van der Waals surface area (Å²) in [5.74, 6) is 0.823. The van der Waals surface area contributed by atoms with E-state index in [4.69, 9.17) is 9.72 Å². The van der Waals surface area contributed by atoms with E-state index in [-0.39, 0.29) is 11.3 Å². The van der Waals surface area contributed by atoms with Gasteiger partial charge in [-0.3, -0.25) is 9.20 Å². The van der Waals surface area contributed by atoms with E-state index in [2.05, 4.69) is 32.6 Å². The van der Waals surface area contributed by atoms with Crippen LogP contribution in [0.2, 0.25) is 0 Å². The number of aryl methyl sites for hydroxylation is 1. The van der Waals surface area contributed by atoms with Crippen molar-refractivity contribution in [1.82, 2.24) is 14.3 Å². The Labute approximate surface area is 155 Å². The van der Waals surface area contributed by atoms with Gasteiger partial charge in [-0.05, 0) is 48.6 Å². The fraction of sp³-hybridized carbons (Fsp3) is 0.619. The molecule has 26 heavy (non-hydrogen) atoms. The van der Waals surface area contributed by atoms with Gasteiger partial charge in [0.05, 0.1) is 12.8 Å². The van der Waals surface area contributed by atoms with Gasteiger partial charge < -0.3 is 9.64 Å². The molecule has 0 radical (unpaired) electrons. The van der Waals surface area contributed by atoms with Crippen molar-refractivity contribution in [2.75, 3.05) is 13.7 Å². The fourth-order valence-electron chi connectivity index (χ4n) is 5.56. The second-order valence-corrected chi connectivity index (χ2v) is 9.18. The highest BCUT2D eigenvalue weighted by Crippen LogP contribution is 2.52. The summed E-state index contributed by atoms with van der Waals surface area (Å²) in [6, 6.07) is 4.14. The third kappa shape index (κ3) is 2.60. The third-order valence-corrected chi connectivity index (χ3v) is 6.12. The first-order valence-electron chi connectivity index (χ1n) is 9.62. The van der Waals surface area contributed by atoms with Crippen molar-refractivity contribution in [3.05, 3.63) is 29.7 Å². The maximum Gasteiger partial charge on any atom is 0.273 e. The number of methoxy groups -OCH3 is 1. The van der Waals surface area contributed by atoms with E-state index in [9.17, 15) is 4.79 Å². The average Bonchev–Trinajstić information content (AvgIpc) is 3.07. The van der Waals surface area contributed by atoms with Crippen LogP contribution in [0.3, 0.4) is 0 Å². The summed E-state index contributed by atoms with van der Waals surface area (Å²) in [4.78, 5) is 20.5. The number of rotatable bonds is 3. The van der Waals surface area contributed by atoms with Crippen molar-refractivity contribution in [1.29, 1.82) is 0 Å². The number of hydrogen-bond donors (Lipinski definition) is 0. The number of carbonyl (C=O) groups excluding carboxylic acids is 1. The quantitative estimate of drug-likeness (QED) is 0.838. The van der Waals surface area contributed by atoms with Crippen LogP contribution >= 0.6 is 0 Å². The number of aromatic nitrogens is 2. The van der Waals surface area contributed by atoms with Crippen molar-refractivity contribution in [3.63, 3.8) is 0 Å². The van der Waals surface area contributed by atoms with Gasteiger partial charge in [0.1, 0.15) is 5.69 Å². The number of nitrogens with zero attached hydrogens (tertiary/aromatic N) is 3. The molecule has 1 aliphatic carbocycles. The summed E-state index contributed by atoms with van der Waals surface area (Å²) >= 11 is 0. The summed E-state index contributed by atoms with van der Waals surface area (Å²) in [6.45, 7) is 9.91. The molecule has 1 saturated carbocycles. The van der Waals surface area contributed by atoms with Gasteiger partial charge in [0.25, 0.3) is 5.91 Å². The van der Waals surface area contributed by atoms with Crippen molar-refractivity contribution >= 4 is 11.6 Å². The smallest absolute Gasteiger partial charge is 0.273 e. The molecular weight excluding hydrogens is 326 g/mol. The zero-order valence-electron chi connectivity index (χ0n) is 16.5. The van der Waals surface area contributed by atoms with Crippen molar-refractivity contribution in [3.8, 4) is 5.75 Å². The second kappa shape index (κ2) is 5.73. The molecule has 2 aliphatic rings. The zero-order valence-corrected chi connectivity index (χ0v) is 16.5. The Bertz CT molecular complexity index is 870. The number of pyridine rings is 1. The SMILES string of the molecule is CCc1nc2c(OC)cccn2c1C(=O)N1CC2(C)CC1CC(C)(C)C2. The lowest BCUT2D eigenvalue weighted by molar-refractivity contribution is 0.0700. The molecule has 1 aliphatic heterocycles. The number of amides is 1. The minimum absolute atomic E-state index is 0.119. The van der Waals surface area contributed by atoms with E-state index in [1.165, 1.54) is 6.42 Å². The molecule has 4 rings (SSSR count). The first-order valence-corrected chi connectivity index (χ1v) is 9.62. The molecule has 140 valence electrons. The van der Waals surface area contributed by atoms with E-state index in [1.807, 2.05) is 22.7 Å². The van der Waals surface area contributed by atoms with Gasteiger partial charge in [-0.2, -0.15) is 0 Å². The topological polar surface area (TPSA) is 46.8 Å². The Morgan fingerprint density at radius 2 is 2.12 bits per heavy atom. The van der Waals surface area contributed by atoms with E-state index in [0.29, 0.717) is 22.9 Å². The zero-order chi connectivity index (χ0) is 18.7. The standard InChI is InChI=1S/C21H29N3O2/c1-6-15-17(23-9-7-8-16(26-5)18(23)22-15)19(25)24-13-21(4)11-14(24)10-20(2,3)12-21/h7-9,14H,6,10-13H2,1-5H3. The monoisotopic (exact) mass is 355 g/mol. The molecule has 2 aromatic rings. The molecule has 0 spiro atoms. The largest absolute Gasteiger partial charge is 0.493 e. The average molecular weight is 355 g/mol. The van der Waals surface area contributed by atoms with Crippen LogP contribution in [0.15, 0.2) is 18.3 Å². The third-order valence-electron chi connectivity index (χ3n) is 6.12. The molecule has 2 atom stereocenters. The fourth-order valence-corrected chi connectivity index (χ4v) is 5.56. The molecule has 2 bridgehead atoms. The molecule has 2 unspecified atom stereocenters. The number of imidazole rings is 1. The summed E-state index contributed by atoms with van der Waals surface area (Å²) in [6.07, 6.45) is 6.03. The van der Waals surface area contributed by atoms with Crippen molar-refractivity contribution in [2.45, 2.75) is 59.4 Å². The van der Waals surface area contributed by atoms with Crippen molar-refractivity contribution < 1.29 is 9.53 Å². The van der Waals surface area contributed by atoms with E-state index >= 15 is 0 Å². The number of hydrogen-bond acceptors (Lipinski definition) is 3. The molecule has 2 fully saturated rings. The number of likely N-dealkylation sites (tertiary alicyclic amines) is 1. The maximum absolute atomic E-state index is 13.6. The van der Waals surface area contributed by atoms with Gasteiger partial charge in [0.15, 0.2) is 11.4 Å². The van der Waals surface area contributed by atoms with Crippen LogP contribution in [0, 0.1) is 10.8 Å². The Morgan fingerprint density at radius 1 is 1.35 bits per heavy atom. The lowest BCUT2D eigenvalue weighted by atomic mass is 9.65. The van der Waals surface area contributed by atoms with Crippen LogP contribution < -0.4 is 4.74 Å². The van der Waals surface area contributed by atoms with Gasteiger partial charge in [-0.25, -0.2) is 4.98 Å². The van der Waals surface area contributed by atoms with Crippen LogP contribution in [-0.4, -0.2) is 39.9 Å². The first kappa shape index (κ1) is 17.4. The molecule has 5 nitrogen and oxygen atoms in total. The number of fused-ring (bicyclic) bond motifs is 3. The van der Waals surface area contributed by atoms with E-state index in [1.54, 1.807) is 7.11 Å². The second-order valence-electron chi connectivity index (χ2n) is 9.18. The van der Waals surface area contributed by atoms with Gasteiger partial charge >= 0.3 is 0 Å². The molecular formula is C21H29N3O2. The molecule has 0 N–H and O–H groups in total. The van der Waals surface area contributed by atoms with Crippen LogP contribution in [0.5, 0.6) is 5.75 Å². The van der Waals surface area contributed by atoms with Crippen LogP contribution in [-0.2, 0) is 6.42 Å². The lowest BCUT2D eigenvalue weighted by Crippen LogP contribution is -2.38. The van der Waals surface area contributed by atoms with Gasteiger partial charge in [-0.15, -0.1) is 0 Å². The Hall–Kier alpha value is -2.04. The highest BCUT2D eigenvalue weighted by atomic mass is 16.5. The summed E-state index contributed by atoms with van der Waals surface area (Å²) in [5.41, 5.74) is 2.81. The highest BCUT2D eigenvalue weighted by molar-refractivity contribution is 5.95. The Morgan fingerprint density at radius 3 is 2.81 bits per heavy atom. The summed E-state index contributed by atoms with van der Waals surface area (Å²) < 4.78 is 7.36. The molecule has 5 heteroatoms. The number of carbonyl (C=O) groups is 1. The molecule has 1 amide bonds. The van der Waals surface area contributed by atoms with Gasteiger partial charge in [0, 0.05) is 18.8 Å². The van der Waals surface area contributed by atoms with Gasteiger partial charge in [0.2, 0.25) is 0 Å². The normalized spacial score (nSPS) is 27.1. The first-order chi connectivity index (χ1) is 12.3. The predicted molar refractivity (Wildman–Crippen MR) is 102 cm³/mol. The van der Waals surface area contributed by atoms with Crippen LogP contribution in [0.25, 0.3) is 5.65 Å². The molecule has 3 heterocycles. The van der Waals surface area contributed by atoms with E-state index in [0.717, 1.165) is 37.1 Å². The maximum atomic E-state index is 13.6. The van der Waals surface area contributed by atoms with Crippen LogP contribution in [0.1, 0.15) is 63.1 Å². The minimum atomic E-state index is 0.119. The van der Waals surface area contributed by atoms with Crippen LogP contribution in [0.4, 0.5) is 0 Å². The molecule has 2 aromatic heterocycles. The predicted octanol–water partition coefficient (Wildman–Crippen LogP) is 3.95. The highest BCUT2D eigenvalue weighted by Gasteiger charge is 2.51. The molecule has 1 saturated heterocycles. The lowest BCUT2D eigenvalue weighted by Gasteiger charge is -2.39. The number of ether oxygens (including phenoxy) is 1. The Balaban J connectivity index is 1.78. The summed E-state index contributed by atoms with van der Waals surface area (Å²) in [5, 5.41) is 0. The van der Waals surface area contributed by atoms with E-state index < -0.39 is 0 Å².